The van der Waals surface area contributed by atoms with Crippen LogP contribution in [0.1, 0.15) is 42.5 Å². The Hall–Kier alpha value is -3.18. The zero-order chi connectivity index (χ0) is 45.5. The number of thioether (sulfide) groups is 1. The van der Waals surface area contributed by atoms with Crippen LogP contribution >= 0.6 is 53.9 Å². The van der Waals surface area contributed by atoms with Gasteiger partial charge in [0.2, 0.25) is 4.80 Å². The molecule has 60 heavy (non-hydrogen) atoms. The van der Waals surface area contributed by atoms with E-state index in [0.717, 1.165) is 54.3 Å². The number of carboxylic acid groups (broad SMARTS) is 1. The van der Waals surface area contributed by atoms with Crippen LogP contribution in [0.2, 0.25) is 10.0 Å². The summed E-state index contributed by atoms with van der Waals surface area (Å²) in [6.07, 6.45) is 9.64. The van der Waals surface area contributed by atoms with E-state index in [0.29, 0.717) is 40.1 Å². The summed E-state index contributed by atoms with van der Waals surface area (Å²) in [7, 11) is -5.85. The first-order chi connectivity index (χ1) is 27.9. The standard InChI is InChI=1S/C15H15ClFN3O3S2.C14H13ClO5S.C3H8NO5P.C3H9S/c1-23-13(21)8-24-12-7-11(10(17)6-9(12)16)18-14-19-4-2-3-5-20(19)15(22)25-14;1-21(19,20)8-5-6-9(10(15)7-8)14(18)13-11(16)3-2-4-12(13)17;5-3(6)1-4-2-10(7,8)9;1-4(2)3/h6-7H,2-5,8H2,1H3;5-7,13H,2-4H2,1H3;4H,1-2H2,(H,5,6)(H2,7,8,9);1-3H3/q;;;+1/p-1. The minimum absolute atomic E-state index is 0.00216. The second-order valence-electron chi connectivity index (χ2n) is 13.2. The van der Waals surface area contributed by atoms with E-state index < -0.39 is 71.3 Å². The maximum absolute atomic E-state index is 14.3. The van der Waals surface area contributed by atoms with Gasteiger partial charge >= 0.3 is 16.8 Å². The van der Waals surface area contributed by atoms with Crippen LogP contribution < -0.4 is 19.9 Å². The Labute approximate surface area is 366 Å². The van der Waals surface area contributed by atoms with Gasteiger partial charge in [0, 0.05) is 42.6 Å². The molecule has 1 fully saturated rings. The van der Waals surface area contributed by atoms with Gasteiger partial charge in [-0.2, -0.15) is 0 Å². The molecule has 2 aromatic carbocycles. The van der Waals surface area contributed by atoms with Gasteiger partial charge in [-0.1, -0.05) is 23.2 Å². The third kappa shape index (κ3) is 17.7. The van der Waals surface area contributed by atoms with E-state index in [4.69, 9.17) is 33.2 Å². The highest BCUT2D eigenvalue weighted by molar-refractivity contribution is 8.00. The van der Waals surface area contributed by atoms with E-state index in [1.807, 2.05) is 5.32 Å². The number of aliphatic carboxylic acids is 1. The van der Waals surface area contributed by atoms with Crippen LogP contribution in [0.25, 0.3) is 0 Å². The Kier molecular flexibility index (Phi) is 21.6. The number of nitrogens with one attached hydrogen (secondary N) is 1. The zero-order valence-electron chi connectivity index (χ0n) is 33.0. The first-order valence-electron chi connectivity index (χ1n) is 17.4. The van der Waals surface area contributed by atoms with E-state index in [9.17, 15) is 51.0 Å². The predicted octanol–water partition coefficient (Wildman–Crippen LogP) is 3.32. The minimum Gasteiger partial charge on any atom is -0.778 e. The summed E-state index contributed by atoms with van der Waals surface area (Å²) >= 11 is 14.1. The van der Waals surface area contributed by atoms with Gasteiger partial charge in [0.1, 0.15) is 25.0 Å². The molecule has 0 bridgehead atoms. The lowest BCUT2D eigenvalue weighted by atomic mass is 9.82. The highest BCUT2D eigenvalue weighted by Crippen LogP contribution is 2.33. The Morgan fingerprint density at radius 2 is 1.63 bits per heavy atom. The summed E-state index contributed by atoms with van der Waals surface area (Å²) in [5, 5.41) is 10.1. The number of carbonyl (C=O) groups excluding carboxylic acids is 4. The summed E-state index contributed by atoms with van der Waals surface area (Å²) < 4.78 is 55.0. The normalized spacial score (nSPS) is 15.3. The molecule has 1 atom stereocenters. The fourth-order valence-corrected chi connectivity index (χ4v) is 8.38. The van der Waals surface area contributed by atoms with Crippen LogP contribution in [0.15, 0.2) is 49.9 Å². The predicted molar refractivity (Wildman–Crippen MR) is 227 cm³/mol. The molecular formula is C35H44Cl2FN4O13PS4. The van der Waals surface area contributed by atoms with Gasteiger partial charge in [-0.3, -0.25) is 38.8 Å². The molecule has 25 heteroatoms. The number of hydrogen-bond donors (Lipinski definition) is 3. The second-order valence-corrected chi connectivity index (χ2v) is 22.0. The molecule has 0 saturated heterocycles. The third-order valence-corrected chi connectivity index (χ3v) is 12.0. The lowest BCUT2D eigenvalue weighted by molar-refractivity contribution is -0.193. The summed E-state index contributed by atoms with van der Waals surface area (Å²) in [4.78, 5) is 92.1. The largest absolute Gasteiger partial charge is 0.778 e. The first kappa shape index (κ1) is 53.0. The number of nitrogens with zero attached hydrogens (tertiary/aromatic N) is 3. The van der Waals surface area contributed by atoms with Gasteiger partial charge in [-0.25, -0.2) is 22.5 Å². The molecular weight excluding hydrogens is 934 g/mol. The number of ketones is 3. The SMILES string of the molecule is COC(=O)CSc1cc(N=c2sc(=O)n3n2CCCC3)c(F)cc1Cl.CS(=O)(=O)c1ccc(C(=O)C2C(=O)CCCC2=O)c(Cl)c1.C[S+](C)C.O=C(O)CNCP(=O)([O-])O. The van der Waals surface area contributed by atoms with Crippen molar-refractivity contribution in [2.24, 2.45) is 10.9 Å². The van der Waals surface area contributed by atoms with Gasteiger partial charge in [0.15, 0.2) is 27.2 Å². The number of carboxylic acids is 1. The average Bonchev–Trinajstić information content (AvgIpc) is 3.45. The summed E-state index contributed by atoms with van der Waals surface area (Å²) in [6.45, 7) is 0.845. The number of halogens is 3. The first-order valence-corrected chi connectivity index (χ1v) is 26.1. The van der Waals surface area contributed by atoms with E-state index in [2.05, 4.69) is 28.5 Å². The number of ether oxygens (including phenoxy) is 1. The van der Waals surface area contributed by atoms with Crippen LogP contribution in [0.5, 0.6) is 0 Å². The molecule has 1 unspecified atom stereocenters. The summed E-state index contributed by atoms with van der Waals surface area (Å²) in [6, 6.07) is 6.29. The van der Waals surface area contributed by atoms with Gasteiger partial charge in [-0.05, 0) is 71.8 Å². The highest BCUT2D eigenvalue weighted by atomic mass is 35.5. The lowest BCUT2D eigenvalue weighted by Crippen LogP contribution is -2.35. The van der Waals surface area contributed by atoms with Crippen LogP contribution in [0.3, 0.4) is 0 Å². The Morgan fingerprint density at radius 1 is 1.05 bits per heavy atom. The number of rotatable bonds is 11. The van der Waals surface area contributed by atoms with Crippen LogP contribution in [0, 0.1) is 11.7 Å². The Balaban J connectivity index is 0.000000319. The van der Waals surface area contributed by atoms with E-state index in [1.165, 1.54) is 25.3 Å². The summed E-state index contributed by atoms with van der Waals surface area (Å²) in [5.41, 5.74) is 0.0807. The number of methoxy groups -OCH3 is 1. The van der Waals surface area contributed by atoms with Crippen molar-refractivity contribution in [3.05, 3.63) is 66.2 Å². The van der Waals surface area contributed by atoms with E-state index in [-0.39, 0.29) is 49.7 Å². The number of fused-ring (bicyclic) bond motifs is 1. The number of sulfone groups is 1. The lowest BCUT2D eigenvalue weighted by Gasteiger charge is -2.18. The topological polar surface area (TPSA) is 261 Å². The molecule has 1 aliphatic carbocycles. The molecule has 1 saturated carbocycles. The number of esters is 1. The maximum Gasteiger partial charge on any atom is 0.325 e. The van der Waals surface area contributed by atoms with Gasteiger partial charge in [-0.15, -0.1) is 11.8 Å². The molecule has 0 amide bonds. The number of carbonyl (C=O) groups is 5. The van der Waals surface area contributed by atoms with E-state index in [1.54, 1.807) is 9.36 Å². The highest BCUT2D eigenvalue weighted by Gasteiger charge is 2.37. The molecule has 1 aromatic heterocycles. The molecule has 332 valence electrons. The molecule has 0 spiro atoms. The second kappa shape index (κ2) is 24.5. The maximum atomic E-state index is 14.3. The minimum atomic E-state index is -4.35. The molecule has 1 aliphatic heterocycles. The van der Waals surface area contributed by atoms with Crippen molar-refractivity contribution in [2.45, 2.75) is 55.0 Å². The molecule has 3 N–H and O–H groups in total. The molecule has 0 radical (unpaired) electrons. The van der Waals surface area contributed by atoms with Crippen molar-refractivity contribution >= 4 is 110 Å². The van der Waals surface area contributed by atoms with Crippen molar-refractivity contribution in [1.82, 2.24) is 14.7 Å². The van der Waals surface area contributed by atoms with Crippen molar-refractivity contribution in [3.8, 4) is 0 Å². The zero-order valence-corrected chi connectivity index (χ0v) is 38.6. The van der Waals surface area contributed by atoms with E-state index >= 15 is 0 Å². The third-order valence-electron chi connectivity index (χ3n) is 7.66. The van der Waals surface area contributed by atoms with Crippen LogP contribution in [-0.2, 0) is 62.3 Å². The number of Topliss-reactive ketones (excluding diaryl/α,β-unsaturated/α-hetero) is 3. The molecule has 17 nitrogen and oxygen atoms in total. The number of aromatic nitrogens is 2. The van der Waals surface area contributed by atoms with Gasteiger partial charge in [0.25, 0.3) is 0 Å². The summed E-state index contributed by atoms with van der Waals surface area (Å²) in [5.74, 6) is -4.87. The van der Waals surface area contributed by atoms with Crippen LogP contribution in [-0.4, -0.2) is 108 Å². The monoisotopic (exact) mass is 976 g/mol. The average molecular weight is 978 g/mol. The number of hydrogen-bond acceptors (Lipinski definition) is 15. The van der Waals surface area contributed by atoms with Crippen LogP contribution in [0.4, 0.5) is 10.1 Å². The molecule has 2 aliphatic rings. The number of benzene rings is 2. The molecule has 2 heterocycles. The van der Waals surface area contributed by atoms with Gasteiger partial charge in [0.05, 0.1) is 59.4 Å². The van der Waals surface area contributed by atoms with Crippen molar-refractivity contribution < 1.29 is 61.0 Å². The Bertz CT molecular complexity index is 2330. The molecule has 3 aromatic rings. The Morgan fingerprint density at radius 3 is 2.15 bits per heavy atom. The fourth-order valence-electron chi connectivity index (χ4n) is 5.01. The van der Waals surface area contributed by atoms with Crippen molar-refractivity contribution in [1.29, 1.82) is 0 Å². The van der Waals surface area contributed by atoms with Crippen molar-refractivity contribution in [2.75, 3.05) is 50.7 Å². The smallest absolute Gasteiger partial charge is 0.325 e. The fraction of sp³-hybridized carbons (Fsp3) is 0.457. The van der Waals surface area contributed by atoms with Crippen molar-refractivity contribution in [3.63, 3.8) is 0 Å². The quantitative estimate of drug-likeness (QED) is 0.0622. The van der Waals surface area contributed by atoms with Gasteiger partial charge < -0.3 is 24.2 Å². The molecule has 5 rings (SSSR count).